The molecular weight excluding hydrogens is 274 g/mol. The van der Waals surface area contributed by atoms with Crippen LogP contribution in [0.25, 0.3) is 0 Å². The molecule has 5 heteroatoms. The van der Waals surface area contributed by atoms with Crippen molar-refractivity contribution in [1.82, 2.24) is 10.2 Å². The molecule has 1 aliphatic rings. The fraction of sp³-hybridized carbons (Fsp3) is 0.625. The molecule has 0 saturated heterocycles. The van der Waals surface area contributed by atoms with Gasteiger partial charge in [0.25, 0.3) is 6.43 Å². The molecule has 0 bridgehead atoms. The summed E-state index contributed by atoms with van der Waals surface area (Å²) in [5.41, 5.74) is 2.46. The van der Waals surface area contributed by atoms with Crippen LogP contribution in [0.1, 0.15) is 30.5 Å². The number of hydrogen-bond donors (Lipinski definition) is 1. The predicted molar refractivity (Wildman–Crippen MR) is 80.2 cm³/mol. The third kappa shape index (κ3) is 3.71. The van der Waals surface area contributed by atoms with Crippen LogP contribution in [0.3, 0.4) is 0 Å². The molecule has 0 saturated carbocycles. The highest BCUT2D eigenvalue weighted by Gasteiger charge is 2.32. The molecule has 21 heavy (non-hydrogen) atoms. The fourth-order valence-corrected chi connectivity index (χ4v) is 3.19. The summed E-state index contributed by atoms with van der Waals surface area (Å²) in [6, 6.07) is 6.23. The van der Waals surface area contributed by atoms with Crippen molar-refractivity contribution < 1.29 is 13.5 Å². The highest BCUT2D eigenvalue weighted by Crippen LogP contribution is 2.35. The number of fused-ring (bicyclic) bond motifs is 1. The van der Waals surface area contributed by atoms with Gasteiger partial charge in [0.05, 0.1) is 13.7 Å². The highest BCUT2D eigenvalue weighted by atomic mass is 19.3. The summed E-state index contributed by atoms with van der Waals surface area (Å²) in [7, 11) is 3.43. The smallest absolute Gasteiger partial charge is 0.251 e. The maximum Gasteiger partial charge on any atom is 0.251 e. The first-order valence-corrected chi connectivity index (χ1v) is 7.45. The normalized spacial score (nSPS) is 21.7. The topological polar surface area (TPSA) is 24.5 Å². The Morgan fingerprint density at radius 1 is 1.43 bits per heavy atom. The van der Waals surface area contributed by atoms with Crippen LogP contribution in [0.5, 0.6) is 5.75 Å². The lowest BCUT2D eigenvalue weighted by Crippen LogP contribution is -2.47. The SMILES string of the molecule is CCNC1c2cc(OC)ccc2CCC1N(C)CC(F)F. The molecule has 0 aliphatic heterocycles. The van der Waals surface area contributed by atoms with Crippen LogP contribution in [0.2, 0.25) is 0 Å². The van der Waals surface area contributed by atoms with Crippen molar-refractivity contribution in [2.45, 2.75) is 38.3 Å². The van der Waals surface area contributed by atoms with Gasteiger partial charge < -0.3 is 10.1 Å². The third-order valence-electron chi connectivity index (χ3n) is 4.20. The van der Waals surface area contributed by atoms with Gasteiger partial charge in [0.15, 0.2) is 0 Å². The zero-order chi connectivity index (χ0) is 15.4. The number of ether oxygens (including phenoxy) is 1. The highest BCUT2D eigenvalue weighted by molar-refractivity contribution is 5.40. The van der Waals surface area contributed by atoms with Crippen molar-refractivity contribution in [2.75, 3.05) is 27.2 Å². The van der Waals surface area contributed by atoms with Gasteiger partial charge in [0.1, 0.15) is 5.75 Å². The molecular formula is C16H24F2N2O. The number of halogens is 2. The van der Waals surface area contributed by atoms with Crippen LogP contribution < -0.4 is 10.1 Å². The first kappa shape index (κ1) is 16.2. The van der Waals surface area contributed by atoms with E-state index in [0.717, 1.165) is 25.1 Å². The lowest BCUT2D eigenvalue weighted by atomic mass is 9.83. The van der Waals surface area contributed by atoms with E-state index >= 15 is 0 Å². The molecule has 2 rings (SSSR count). The molecule has 1 aromatic rings. The van der Waals surface area contributed by atoms with Gasteiger partial charge in [-0.3, -0.25) is 4.90 Å². The van der Waals surface area contributed by atoms with Gasteiger partial charge in [-0.15, -0.1) is 0 Å². The molecule has 0 amide bonds. The largest absolute Gasteiger partial charge is 0.497 e. The monoisotopic (exact) mass is 298 g/mol. The van der Waals surface area contributed by atoms with Gasteiger partial charge in [0, 0.05) is 12.1 Å². The van der Waals surface area contributed by atoms with E-state index in [1.54, 1.807) is 19.1 Å². The van der Waals surface area contributed by atoms with Crippen LogP contribution in [-0.4, -0.2) is 44.6 Å². The summed E-state index contributed by atoms with van der Waals surface area (Å²) in [6.07, 6.45) is -0.497. The van der Waals surface area contributed by atoms with Crippen LogP contribution in [0.15, 0.2) is 18.2 Å². The number of rotatable bonds is 6. The molecule has 118 valence electrons. The molecule has 2 unspecified atom stereocenters. The Bertz CT molecular complexity index is 468. The second-order valence-corrected chi connectivity index (χ2v) is 5.54. The van der Waals surface area contributed by atoms with Crippen LogP contribution in [0.4, 0.5) is 8.78 Å². The molecule has 0 spiro atoms. The van der Waals surface area contributed by atoms with Crippen molar-refractivity contribution in [3.63, 3.8) is 0 Å². The minimum Gasteiger partial charge on any atom is -0.497 e. The first-order valence-electron chi connectivity index (χ1n) is 7.45. The maximum atomic E-state index is 12.7. The molecule has 1 N–H and O–H groups in total. The standard InChI is InChI=1S/C16H24F2N2O/c1-4-19-16-13-9-12(21-3)7-5-11(13)6-8-14(16)20(2)10-15(17)18/h5,7,9,14-16,19H,4,6,8,10H2,1-3H3. The van der Waals surface area contributed by atoms with Crippen molar-refractivity contribution in [1.29, 1.82) is 0 Å². The zero-order valence-electron chi connectivity index (χ0n) is 12.9. The Morgan fingerprint density at radius 2 is 2.19 bits per heavy atom. The molecule has 0 aromatic heterocycles. The number of hydrogen-bond acceptors (Lipinski definition) is 3. The second-order valence-electron chi connectivity index (χ2n) is 5.54. The van der Waals surface area contributed by atoms with Gasteiger partial charge in [0.2, 0.25) is 0 Å². The quantitative estimate of drug-likeness (QED) is 0.874. The Balaban J connectivity index is 2.28. The third-order valence-corrected chi connectivity index (χ3v) is 4.20. The summed E-state index contributed by atoms with van der Waals surface area (Å²) >= 11 is 0. The van der Waals surface area contributed by atoms with Crippen LogP contribution >= 0.6 is 0 Å². The van der Waals surface area contributed by atoms with Gasteiger partial charge in [-0.05, 0) is 49.7 Å². The molecule has 3 nitrogen and oxygen atoms in total. The number of aryl methyl sites for hydroxylation is 1. The summed E-state index contributed by atoms with van der Waals surface area (Å²) < 4.78 is 30.7. The lowest BCUT2D eigenvalue weighted by molar-refractivity contribution is 0.0652. The number of methoxy groups -OCH3 is 1. The number of alkyl halides is 2. The van der Waals surface area contributed by atoms with E-state index in [2.05, 4.69) is 11.4 Å². The number of nitrogens with zero attached hydrogens (tertiary/aromatic N) is 1. The number of nitrogens with one attached hydrogen (secondary N) is 1. The molecule has 0 fully saturated rings. The van der Waals surface area contributed by atoms with E-state index in [9.17, 15) is 8.78 Å². The summed E-state index contributed by atoms with van der Waals surface area (Å²) in [6.45, 7) is 2.66. The molecule has 1 aliphatic carbocycles. The molecule has 2 atom stereocenters. The number of likely N-dealkylation sites (N-methyl/N-ethyl adjacent to an activating group) is 2. The van der Waals surface area contributed by atoms with Gasteiger partial charge in [-0.1, -0.05) is 13.0 Å². The molecule has 0 heterocycles. The fourth-order valence-electron chi connectivity index (χ4n) is 3.19. The van der Waals surface area contributed by atoms with Crippen LogP contribution in [0, 0.1) is 0 Å². The van der Waals surface area contributed by atoms with E-state index < -0.39 is 6.43 Å². The van der Waals surface area contributed by atoms with E-state index in [0.29, 0.717) is 0 Å². The number of benzene rings is 1. The maximum absolute atomic E-state index is 12.7. The van der Waals surface area contributed by atoms with E-state index in [1.165, 1.54) is 11.1 Å². The summed E-state index contributed by atoms with van der Waals surface area (Å²) in [4.78, 5) is 1.78. The minimum absolute atomic E-state index is 0.0672. The Labute approximate surface area is 125 Å². The average Bonchev–Trinajstić information content (AvgIpc) is 2.46. The Hall–Kier alpha value is -1.20. The first-order chi connectivity index (χ1) is 10.1. The Morgan fingerprint density at radius 3 is 2.81 bits per heavy atom. The summed E-state index contributed by atoms with van der Waals surface area (Å²) in [5.74, 6) is 0.814. The molecule has 0 radical (unpaired) electrons. The van der Waals surface area contributed by atoms with Gasteiger partial charge in [-0.2, -0.15) is 0 Å². The van der Waals surface area contributed by atoms with Gasteiger partial charge >= 0.3 is 0 Å². The van der Waals surface area contributed by atoms with Crippen LogP contribution in [-0.2, 0) is 6.42 Å². The summed E-state index contributed by atoms with van der Waals surface area (Å²) in [5, 5.41) is 3.45. The van der Waals surface area contributed by atoms with Crippen molar-refractivity contribution >= 4 is 0 Å². The van der Waals surface area contributed by atoms with E-state index in [-0.39, 0.29) is 18.6 Å². The van der Waals surface area contributed by atoms with Crippen molar-refractivity contribution in [3.8, 4) is 5.75 Å². The predicted octanol–water partition coefficient (Wildman–Crippen LogP) is 2.86. The second kappa shape index (κ2) is 7.18. The molecule has 1 aromatic carbocycles. The van der Waals surface area contributed by atoms with Crippen molar-refractivity contribution in [2.24, 2.45) is 0 Å². The Kier molecular flexibility index (Phi) is 5.53. The average molecular weight is 298 g/mol. The lowest BCUT2D eigenvalue weighted by Gasteiger charge is -2.39. The van der Waals surface area contributed by atoms with Gasteiger partial charge in [-0.25, -0.2) is 8.78 Å². The van der Waals surface area contributed by atoms with Crippen molar-refractivity contribution in [3.05, 3.63) is 29.3 Å². The van der Waals surface area contributed by atoms with E-state index in [1.807, 2.05) is 19.1 Å². The zero-order valence-corrected chi connectivity index (χ0v) is 12.9. The van der Waals surface area contributed by atoms with E-state index in [4.69, 9.17) is 4.74 Å². The minimum atomic E-state index is -2.30.